The molecule has 2 rings (SSSR count). The molecule has 0 saturated carbocycles. The van der Waals surface area contributed by atoms with Gasteiger partial charge < -0.3 is 0 Å². The fraction of sp³-hybridized carbons (Fsp3) is 0.188. The predicted octanol–water partition coefficient (Wildman–Crippen LogP) is 4.44. The Bertz CT molecular complexity index is 679. The quantitative estimate of drug-likeness (QED) is 0.820. The maximum absolute atomic E-state index is 13.2. The van der Waals surface area contributed by atoms with Gasteiger partial charge in [0.25, 0.3) is 5.91 Å². The van der Waals surface area contributed by atoms with Crippen molar-refractivity contribution in [3.8, 4) is 0 Å². The van der Waals surface area contributed by atoms with Crippen LogP contribution in [0, 0.1) is 6.92 Å². The number of nitrogens with zero attached hydrogens (tertiary/aromatic N) is 1. The highest BCUT2D eigenvalue weighted by Gasteiger charge is 2.36. The van der Waals surface area contributed by atoms with Gasteiger partial charge in [-0.15, -0.1) is 0 Å². The Morgan fingerprint density at radius 1 is 1.05 bits per heavy atom. The molecule has 0 N–H and O–H groups in total. The monoisotopic (exact) mass is 325 g/mol. The molecule has 2 nitrogen and oxygen atoms in total. The molecule has 0 aliphatic heterocycles. The van der Waals surface area contributed by atoms with Crippen LogP contribution in [0.3, 0.4) is 0 Å². The molecule has 2 aromatic carbocycles. The van der Waals surface area contributed by atoms with Crippen LogP contribution in [0.2, 0.25) is 0 Å². The lowest BCUT2D eigenvalue weighted by Crippen LogP contribution is -2.18. The molecule has 22 heavy (non-hydrogen) atoms. The molecule has 0 aliphatic rings. The summed E-state index contributed by atoms with van der Waals surface area (Å²) in [6.45, 7) is 1.78. The first-order valence-corrected chi connectivity index (χ1v) is 7.71. The molecule has 0 fully saturated rings. The summed E-state index contributed by atoms with van der Waals surface area (Å²) in [5, 5.41) is 0. The molecule has 116 valence electrons. The van der Waals surface area contributed by atoms with Crippen molar-refractivity contribution in [1.82, 2.24) is 0 Å². The average Bonchev–Trinajstić information content (AvgIpc) is 2.46. The standard InChI is InChI=1S/C16H14F3NOS/c1-12-7-9-14(10-8-12)22(16(17,18)19)20-15(21)11-13-5-3-2-4-6-13/h2-10H,11H2,1H3. The van der Waals surface area contributed by atoms with Crippen LogP contribution in [-0.4, -0.2) is 11.4 Å². The van der Waals surface area contributed by atoms with Crippen LogP contribution < -0.4 is 0 Å². The molecule has 1 atom stereocenters. The number of rotatable bonds is 3. The van der Waals surface area contributed by atoms with Crippen LogP contribution in [0.15, 0.2) is 63.9 Å². The summed E-state index contributed by atoms with van der Waals surface area (Å²) in [4.78, 5) is 11.8. The molecule has 1 unspecified atom stereocenters. The number of halogens is 3. The lowest BCUT2D eigenvalue weighted by atomic mass is 10.1. The maximum atomic E-state index is 13.2. The summed E-state index contributed by atoms with van der Waals surface area (Å²) >= 11 is 0. The molecule has 0 spiro atoms. The molecule has 6 heteroatoms. The number of alkyl halides is 3. The van der Waals surface area contributed by atoms with Gasteiger partial charge in [-0.25, -0.2) is 0 Å². The highest BCUT2D eigenvalue weighted by Crippen LogP contribution is 2.29. The second kappa shape index (κ2) is 6.87. The predicted molar refractivity (Wildman–Crippen MR) is 80.4 cm³/mol. The van der Waals surface area contributed by atoms with Crippen molar-refractivity contribution in [2.75, 3.05) is 0 Å². The van der Waals surface area contributed by atoms with Crippen LogP contribution >= 0.6 is 0 Å². The number of amides is 1. The first kappa shape index (κ1) is 16.4. The molecule has 0 bridgehead atoms. The zero-order valence-corrected chi connectivity index (χ0v) is 12.6. The van der Waals surface area contributed by atoms with E-state index in [1.165, 1.54) is 12.1 Å². The van der Waals surface area contributed by atoms with Gasteiger partial charge >= 0.3 is 5.51 Å². The van der Waals surface area contributed by atoms with Crippen molar-refractivity contribution in [3.05, 3.63) is 65.7 Å². The number of benzene rings is 2. The maximum Gasteiger partial charge on any atom is 0.457 e. The Kier molecular flexibility index (Phi) is 5.13. The highest BCUT2D eigenvalue weighted by atomic mass is 32.2. The number of aryl methyl sites for hydroxylation is 1. The minimum absolute atomic E-state index is 0.000452. The topological polar surface area (TPSA) is 29.4 Å². The normalized spacial score (nSPS) is 13.1. The molecular formula is C16H14F3NOS. The Morgan fingerprint density at radius 2 is 1.64 bits per heavy atom. The lowest BCUT2D eigenvalue weighted by Gasteiger charge is -2.12. The highest BCUT2D eigenvalue weighted by molar-refractivity contribution is 7.88. The second-order valence-electron chi connectivity index (χ2n) is 4.69. The van der Waals surface area contributed by atoms with Crippen molar-refractivity contribution >= 4 is 16.6 Å². The number of carbonyl (C=O) groups excluding carboxylic acids is 1. The minimum atomic E-state index is -4.57. The van der Waals surface area contributed by atoms with Gasteiger partial charge in [-0.05, 0) is 24.6 Å². The smallest absolute Gasteiger partial charge is 0.272 e. The summed E-state index contributed by atoms with van der Waals surface area (Å²) in [5.41, 5.74) is -3.07. The van der Waals surface area contributed by atoms with E-state index in [-0.39, 0.29) is 11.3 Å². The summed E-state index contributed by atoms with van der Waals surface area (Å²) < 4.78 is 42.9. The lowest BCUT2D eigenvalue weighted by molar-refractivity contribution is -0.117. The van der Waals surface area contributed by atoms with Crippen LogP contribution in [0.25, 0.3) is 0 Å². The van der Waals surface area contributed by atoms with Crippen LogP contribution in [-0.2, 0) is 21.9 Å². The molecular weight excluding hydrogens is 311 g/mol. The molecule has 1 amide bonds. The van der Waals surface area contributed by atoms with E-state index in [1.54, 1.807) is 49.4 Å². The fourth-order valence-corrected chi connectivity index (χ4v) is 2.95. The zero-order valence-electron chi connectivity index (χ0n) is 11.8. The Labute approximate surface area is 129 Å². The molecule has 0 heterocycles. The molecule has 0 aromatic heterocycles. The van der Waals surface area contributed by atoms with Gasteiger partial charge in [0.05, 0.1) is 6.42 Å². The fourth-order valence-electron chi connectivity index (χ4n) is 1.81. The SMILES string of the molecule is Cc1ccc(S(=NC(=O)Cc2ccccc2)C(F)(F)F)cc1. The first-order valence-electron chi connectivity index (χ1n) is 6.52. The van der Waals surface area contributed by atoms with Crippen molar-refractivity contribution in [2.24, 2.45) is 4.36 Å². The van der Waals surface area contributed by atoms with Gasteiger partial charge in [-0.3, -0.25) is 4.79 Å². The van der Waals surface area contributed by atoms with Gasteiger partial charge in [0.2, 0.25) is 0 Å². The van der Waals surface area contributed by atoms with Crippen molar-refractivity contribution in [1.29, 1.82) is 0 Å². The van der Waals surface area contributed by atoms with Crippen molar-refractivity contribution < 1.29 is 18.0 Å². The Balaban J connectivity index is 2.29. The summed E-state index contributed by atoms with van der Waals surface area (Å²) in [7, 11) is -2.44. The van der Waals surface area contributed by atoms with Gasteiger partial charge in [0.15, 0.2) is 0 Å². The third-order valence-electron chi connectivity index (χ3n) is 2.85. The third kappa shape index (κ3) is 4.53. The van der Waals surface area contributed by atoms with E-state index in [1.807, 2.05) is 0 Å². The van der Waals surface area contributed by atoms with Crippen molar-refractivity contribution in [3.63, 3.8) is 0 Å². The van der Waals surface area contributed by atoms with E-state index < -0.39 is 22.1 Å². The summed E-state index contributed by atoms with van der Waals surface area (Å²) in [6.07, 6.45) is -0.133. The van der Waals surface area contributed by atoms with E-state index >= 15 is 0 Å². The summed E-state index contributed by atoms with van der Waals surface area (Å²) in [6, 6.07) is 14.5. The first-order chi connectivity index (χ1) is 10.4. The third-order valence-corrected chi connectivity index (χ3v) is 4.40. The van der Waals surface area contributed by atoms with E-state index in [9.17, 15) is 18.0 Å². The Hall–Kier alpha value is -1.95. The second-order valence-corrected chi connectivity index (χ2v) is 6.38. The molecule has 0 radical (unpaired) electrons. The molecule has 0 saturated heterocycles. The average molecular weight is 325 g/mol. The number of hydrogen-bond donors (Lipinski definition) is 0. The van der Waals surface area contributed by atoms with Gasteiger partial charge in [-0.1, -0.05) is 48.0 Å². The minimum Gasteiger partial charge on any atom is -0.272 e. The molecule has 2 aromatic rings. The van der Waals surface area contributed by atoms with E-state index in [4.69, 9.17) is 0 Å². The zero-order chi connectivity index (χ0) is 16.2. The number of hydrogen-bond acceptors (Lipinski definition) is 1. The van der Waals surface area contributed by atoms with Crippen LogP contribution in [0.5, 0.6) is 0 Å². The van der Waals surface area contributed by atoms with Gasteiger partial charge in [-0.2, -0.15) is 17.5 Å². The van der Waals surface area contributed by atoms with Crippen LogP contribution in [0.1, 0.15) is 11.1 Å². The van der Waals surface area contributed by atoms with Gasteiger partial charge in [0, 0.05) is 15.6 Å². The van der Waals surface area contributed by atoms with E-state index in [0.717, 1.165) is 5.56 Å². The van der Waals surface area contributed by atoms with E-state index in [0.29, 0.717) is 5.56 Å². The van der Waals surface area contributed by atoms with Gasteiger partial charge in [0.1, 0.15) is 0 Å². The van der Waals surface area contributed by atoms with Crippen LogP contribution in [0.4, 0.5) is 13.2 Å². The summed E-state index contributed by atoms with van der Waals surface area (Å²) in [5.74, 6) is -0.771. The largest absolute Gasteiger partial charge is 0.457 e. The van der Waals surface area contributed by atoms with Crippen molar-refractivity contribution in [2.45, 2.75) is 23.7 Å². The number of carbonyl (C=O) groups is 1. The molecule has 0 aliphatic carbocycles. The Morgan fingerprint density at radius 3 is 2.18 bits per heavy atom. The van der Waals surface area contributed by atoms with E-state index in [2.05, 4.69) is 4.36 Å².